The molecule has 19 heavy (non-hydrogen) atoms. The van der Waals surface area contributed by atoms with Crippen molar-refractivity contribution >= 4 is 27.5 Å². The van der Waals surface area contributed by atoms with Crippen molar-refractivity contribution in [3.05, 3.63) is 38.8 Å². The smallest absolute Gasteiger partial charge is 0.225 e. The summed E-state index contributed by atoms with van der Waals surface area (Å²) in [7, 11) is 0. The van der Waals surface area contributed by atoms with Gasteiger partial charge in [0.15, 0.2) is 0 Å². The van der Waals surface area contributed by atoms with Gasteiger partial charge < -0.3 is 4.74 Å². The molecule has 1 aromatic carbocycles. The zero-order chi connectivity index (χ0) is 13.4. The lowest BCUT2D eigenvalue weighted by Crippen LogP contribution is -2.06. The van der Waals surface area contributed by atoms with Crippen molar-refractivity contribution in [3.63, 3.8) is 0 Å². The summed E-state index contributed by atoms with van der Waals surface area (Å²) in [6.07, 6.45) is 1.76. The molecule has 1 aliphatic heterocycles. The molecule has 1 aromatic heterocycles. The SMILES string of the molecule is CCc1nnc(Cl)n1Cc1cc(Br)cc2c1OCC2. The summed E-state index contributed by atoms with van der Waals surface area (Å²) < 4.78 is 8.71. The Morgan fingerprint density at radius 1 is 1.42 bits per heavy atom. The summed E-state index contributed by atoms with van der Waals surface area (Å²) in [4.78, 5) is 0. The average Bonchev–Trinajstić information content (AvgIpc) is 2.97. The van der Waals surface area contributed by atoms with Gasteiger partial charge in [-0.2, -0.15) is 0 Å². The molecule has 0 atom stereocenters. The van der Waals surface area contributed by atoms with Crippen LogP contribution in [0.5, 0.6) is 5.75 Å². The van der Waals surface area contributed by atoms with Crippen molar-refractivity contribution in [2.45, 2.75) is 26.3 Å². The Kier molecular flexibility index (Phi) is 3.50. The van der Waals surface area contributed by atoms with Crippen LogP contribution < -0.4 is 4.74 Å². The molecule has 0 aliphatic carbocycles. The minimum absolute atomic E-state index is 0.420. The number of aryl methyl sites for hydroxylation is 1. The highest BCUT2D eigenvalue weighted by Gasteiger charge is 2.19. The molecule has 0 N–H and O–H groups in total. The quantitative estimate of drug-likeness (QED) is 0.859. The van der Waals surface area contributed by atoms with Crippen LogP contribution in [0.2, 0.25) is 5.28 Å². The number of hydrogen-bond donors (Lipinski definition) is 0. The lowest BCUT2D eigenvalue weighted by molar-refractivity contribution is 0.352. The van der Waals surface area contributed by atoms with Gasteiger partial charge in [0.05, 0.1) is 13.2 Å². The molecule has 0 saturated heterocycles. The van der Waals surface area contributed by atoms with E-state index in [1.54, 1.807) is 0 Å². The maximum absolute atomic E-state index is 6.10. The van der Waals surface area contributed by atoms with Crippen LogP contribution in [-0.2, 0) is 19.4 Å². The van der Waals surface area contributed by atoms with Crippen LogP contribution in [0.1, 0.15) is 23.9 Å². The number of aromatic nitrogens is 3. The van der Waals surface area contributed by atoms with Gasteiger partial charge in [0, 0.05) is 22.9 Å². The van der Waals surface area contributed by atoms with Crippen LogP contribution in [0.15, 0.2) is 16.6 Å². The molecule has 0 saturated carbocycles. The van der Waals surface area contributed by atoms with Crippen molar-refractivity contribution < 1.29 is 4.74 Å². The monoisotopic (exact) mass is 341 g/mol. The second kappa shape index (κ2) is 5.13. The summed E-state index contributed by atoms with van der Waals surface area (Å²) in [6.45, 7) is 3.42. The Morgan fingerprint density at radius 3 is 3.05 bits per heavy atom. The van der Waals surface area contributed by atoms with Gasteiger partial charge in [0.25, 0.3) is 0 Å². The number of halogens is 2. The third-order valence-electron chi connectivity index (χ3n) is 3.25. The summed E-state index contributed by atoms with van der Waals surface area (Å²) in [5, 5.41) is 8.42. The van der Waals surface area contributed by atoms with Gasteiger partial charge in [-0.05, 0) is 29.3 Å². The first kappa shape index (κ1) is 12.9. The number of hydrogen-bond acceptors (Lipinski definition) is 3. The maximum atomic E-state index is 6.10. The fourth-order valence-corrected chi connectivity index (χ4v) is 3.11. The van der Waals surface area contributed by atoms with Crippen LogP contribution in [0, 0.1) is 0 Å². The molecule has 0 unspecified atom stereocenters. The molecule has 1 aliphatic rings. The maximum Gasteiger partial charge on any atom is 0.225 e. The van der Waals surface area contributed by atoms with Crippen molar-refractivity contribution in [1.82, 2.24) is 14.8 Å². The molecule has 0 radical (unpaired) electrons. The molecule has 0 bridgehead atoms. The lowest BCUT2D eigenvalue weighted by Gasteiger charge is -2.11. The fourth-order valence-electron chi connectivity index (χ4n) is 2.37. The molecule has 4 nitrogen and oxygen atoms in total. The molecule has 0 spiro atoms. The van der Waals surface area contributed by atoms with E-state index in [9.17, 15) is 0 Å². The summed E-state index contributed by atoms with van der Waals surface area (Å²) >= 11 is 9.65. The summed E-state index contributed by atoms with van der Waals surface area (Å²) in [5.74, 6) is 1.87. The topological polar surface area (TPSA) is 39.9 Å². The van der Waals surface area contributed by atoms with Crippen molar-refractivity contribution in [2.75, 3.05) is 6.61 Å². The van der Waals surface area contributed by atoms with Gasteiger partial charge >= 0.3 is 0 Å². The first-order valence-electron chi connectivity index (χ1n) is 6.20. The van der Waals surface area contributed by atoms with Crippen LogP contribution in [0.4, 0.5) is 0 Å². The predicted molar refractivity (Wildman–Crippen MR) is 76.9 cm³/mol. The van der Waals surface area contributed by atoms with E-state index in [0.717, 1.165) is 41.1 Å². The van der Waals surface area contributed by atoms with E-state index in [-0.39, 0.29) is 0 Å². The van der Waals surface area contributed by atoms with E-state index in [1.807, 2.05) is 11.5 Å². The second-order valence-corrected chi connectivity index (χ2v) is 5.73. The Balaban J connectivity index is 2.02. The van der Waals surface area contributed by atoms with E-state index in [2.05, 4.69) is 38.3 Å². The number of benzene rings is 1. The minimum atomic E-state index is 0.420. The Labute approximate surface area is 124 Å². The minimum Gasteiger partial charge on any atom is -0.493 e. The Hall–Kier alpha value is -1.07. The molecule has 3 rings (SSSR count). The van der Waals surface area contributed by atoms with Gasteiger partial charge in [0.1, 0.15) is 11.6 Å². The van der Waals surface area contributed by atoms with Gasteiger partial charge in [-0.3, -0.25) is 4.57 Å². The van der Waals surface area contributed by atoms with Crippen LogP contribution in [0.25, 0.3) is 0 Å². The molecule has 100 valence electrons. The van der Waals surface area contributed by atoms with Gasteiger partial charge in [0.2, 0.25) is 5.28 Å². The van der Waals surface area contributed by atoms with Crippen LogP contribution >= 0.6 is 27.5 Å². The van der Waals surface area contributed by atoms with Gasteiger partial charge in [-0.1, -0.05) is 22.9 Å². The highest BCUT2D eigenvalue weighted by molar-refractivity contribution is 9.10. The first-order valence-corrected chi connectivity index (χ1v) is 7.37. The number of fused-ring (bicyclic) bond motifs is 1. The highest BCUT2D eigenvalue weighted by atomic mass is 79.9. The second-order valence-electron chi connectivity index (χ2n) is 4.48. The highest BCUT2D eigenvalue weighted by Crippen LogP contribution is 2.34. The number of nitrogens with zero attached hydrogens (tertiary/aromatic N) is 3. The molecule has 0 fully saturated rings. The molecular weight excluding hydrogens is 330 g/mol. The van der Waals surface area contributed by atoms with Crippen molar-refractivity contribution in [1.29, 1.82) is 0 Å². The summed E-state index contributed by atoms with van der Waals surface area (Å²) in [5.41, 5.74) is 2.35. The van der Waals surface area contributed by atoms with E-state index >= 15 is 0 Å². The van der Waals surface area contributed by atoms with E-state index in [0.29, 0.717) is 11.8 Å². The van der Waals surface area contributed by atoms with E-state index in [4.69, 9.17) is 16.3 Å². The standard InChI is InChI=1S/C13H13BrClN3O/c1-2-11-16-17-13(15)18(11)7-9-6-10(14)5-8-3-4-19-12(8)9/h5-6H,2-4,7H2,1H3. The molecule has 2 heterocycles. The normalized spacial score (nSPS) is 13.4. The number of ether oxygens (including phenoxy) is 1. The van der Waals surface area contributed by atoms with E-state index < -0.39 is 0 Å². The third-order valence-corrected chi connectivity index (χ3v) is 3.99. The fraction of sp³-hybridized carbons (Fsp3) is 0.385. The van der Waals surface area contributed by atoms with E-state index in [1.165, 1.54) is 5.56 Å². The van der Waals surface area contributed by atoms with Crippen molar-refractivity contribution in [2.24, 2.45) is 0 Å². The molecular formula is C13H13BrClN3O. The molecule has 2 aromatic rings. The van der Waals surface area contributed by atoms with Crippen LogP contribution in [0.3, 0.4) is 0 Å². The third kappa shape index (κ3) is 2.37. The Morgan fingerprint density at radius 2 is 2.26 bits per heavy atom. The average molecular weight is 343 g/mol. The zero-order valence-corrected chi connectivity index (χ0v) is 12.8. The van der Waals surface area contributed by atoms with Gasteiger partial charge in [-0.25, -0.2) is 0 Å². The lowest BCUT2D eigenvalue weighted by atomic mass is 10.1. The molecule has 0 amide bonds. The Bertz CT molecular complexity index is 627. The first-order chi connectivity index (χ1) is 9.19. The molecule has 6 heteroatoms. The van der Waals surface area contributed by atoms with Crippen molar-refractivity contribution in [3.8, 4) is 5.75 Å². The number of rotatable bonds is 3. The largest absolute Gasteiger partial charge is 0.493 e. The van der Waals surface area contributed by atoms with Crippen LogP contribution in [-0.4, -0.2) is 21.4 Å². The summed E-state index contributed by atoms with van der Waals surface area (Å²) in [6, 6.07) is 4.18. The van der Waals surface area contributed by atoms with Gasteiger partial charge in [-0.15, -0.1) is 10.2 Å². The predicted octanol–water partition coefficient (Wildman–Crippen LogP) is 3.24. The zero-order valence-electron chi connectivity index (χ0n) is 10.5.